The summed E-state index contributed by atoms with van der Waals surface area (Å²) in [6.07, 6.45) is 1.50. The van der Waals surface area contributed by atoms with Crippen LogP contribution in [0, 0.1) is 6.92 Å². The molecule has 0 bridgehead atoms. The van der Waals surface area contributed by atoms with Gasteiger partial charge in [0.05, 0.1) is 19.9 Å². The largest absolute Gasteiger partial charge is 0.493 e. The standard InChI is InChI=1S/C19H21ClN2O4/c1-4-25-17-8-5-14(10-18(17)24-3)11-21-26-12-19(23)22-16-7-6-15(20)9-13(16)2/h5-11H,4,12H2,1-3H3,(H,22,23)/b21-11-. The van der Waals surface area contributed by atoms with Crippen molar-refractivity contribution < 1.29 is 19.1 Å². The number of carbonyl (C=O) groups excluding carboxylic acids is 1. The summed E-state index contributed by atoms with van der Waals surface area (Å²) >= 11 is 5.89. The van der Waals surface area contributed by atoms with Crippen molar-refractivity contribution in [2.75, 3.05) is 25.6 Å². The van der Waals surface area contributed by atoms with Crippen LogP contribution >= 0.6 is 11.6 Å². The highest BCUT2D eigenvalue weighted by molar-refractivity contribution is 6.30. The second-order valence-corrected chi connectivity index (χ2v) is 5.80. The van der Waals surface area contributed by atoms with E-state index in [1.807, 2.05) is 19.9 Å². The van der Waals surface area contributed by atoms with E-state index in [1.54, 1.807) is 37.4 Å². The molecule has 0 heterocycles. The zero-order valence-electron chi connectivity index (χ0n) is 14.9. The van der Waals surface area contributed by atoms with Gasteiger partial charge in [-0.3, -0.25) is 4.79 Å². The predicted octanol–water partition coefficient (Wildman–Crippen LogP) is 4.04. The number of aryl methyl sites for hydroxylation is 1. The lowest BCUT2D eigenvalue weighted by Gasteiger charge is -2.09. The van der Waals surface area contributed by atoms with Crippen LogP contribution in [-0.4, -0.2) is 32.4 Å². The summed E-state index contributed by atoms with van der Waals surface area (Å²) in [6.45, 7) is 4.11. The number of carbonyl (C=O) groups is 1. The van der Waals surface area contributed by atoms with Crippen LogP contribution in [0.15, 0.2) is 41.6 Å². The van der Waals surface area contributed by atoms with Gasteiger partial charge >= 0.3 is 0 Å². The molecule has 2 rings (SSSR count). The molecule has 1 amide bonds. The molecule has 1 N–H and O–H groups in total. The third kappa shape index (κ3) is 5.67. The number of nitrogens with zero attached hydrogens (tertiary/aromatic N) is 1. The van der Waals surface area contributed by atoms with Gasteiger partial charge < -0.3 is 19.6 Å². The number of amides is 1. The Balaban J connectivity index is 1.87. The molecule has 0 saturated heterocycles. The summed E-state index contributed by atoms with van der Waals surface area (Å²) in [6, 6.07) is 10.6. The van der Waals surface area contributed by atoms with E-state index < -0.39 is 0 Å². The van der Waals surface area contributed by atoms with Crippen LogP contribution in [0.5, 0.6) is 11.5 Å². The number of nitrogens with one attached hydrogen (secondary N) is 1. The highest BCUT2D eigenvalue weighted by Gasteiger charge is 2.06. The van der Waals surface area contributed by atoms with Crippen molar-refractivity contribution in [3.8, 4) is 11.5 Å². The van der Waals surface area contributed by atoms with Crippen molar-refractivity contribution in [3.63, 3.8) is 0 Å². The molecule has 0 aliphatic rings. The fourth-order valence-electron chi connectivity index (χ4n) is 2.19. The summed E-state index contributed by atoms with van der Waals surface area (Å²) < 4.78 is 10.7. The molecule has 0 radical (unpaired) electrons. The van der Waals surface area contributed by atoms with E-state index in [-0.39, 0.29) is 12.5 Å². The molecule has 6 nitrogen and oxygen atoms in total. The average Bonchev–Trinajstić information content (AvgIpc) is 2.62. The molecule has 2 aromatic rings. The second-order valence-electron chi connectivity index (χ2n) is 5.36. The predicted molar refractivity (Wildman–Crippen MR) is 103 cm³/mol. The Hall–Kier alpha value is -2.73. The lowest BCUT2D eigenvalue weighted by atomic mass is 10.2. The molecule has 138 valence electrons. The lowest BCUT2D eigenvalue weighted by Crippen LogP contribution is -2.17. The highest BCUT2D eigenvalue weighted by atomic mass is 35.5. The number of benzene rings is 2. The molecule has 26 heavy (non-hydrogen) atoms. The smallest absolute Gasteiger partial charge is 0.265 e. The lowest BCUT2D eigenvalue weighted by molar-refractivity contribution is -0.120. The van der Waals surface area contributed by atoms with Crippen LogP contribution in [0.25, 0.3) is 0 Å². The van der Waals surface area contributed by atoms with Crippen molar-refractivity contribution in [1.29, 1.82) is 0 Å². The van der Waals surface area contributed by atoms with Crippen LogP contribution in [0.4, 0.5) is 5.69 Å². The van der Waals surface area contributed by atoms with Gasteiger partial charge in [0, 0.05) is 16.3 Å². The number of anilines is 1. The van der Waals surface area contributed by atoms with Crippen molar-refractivity contribution in [2.45, 2.75) is 13.8 Å². The first-order valence-corrected chi connectivity index (χ1v) is 8.43. The van der Waals surface area contributed by atoms with Gasteiger partial charge in [-0.15, -0.1) is 0 Å². The molecule has 2 aromatic carbocycles. The molecule has 0 aromatic heterocycles. The van der Waals surface area contributed by atoms with E-state index in [9.17, 15) is 4.79 Å². The van der Waals surface area contributed by atoms with Gasteiger partial charge in [0.2, 0.25) is 0 Å². The first-order valence-electron chi connectivity index (χ1n) is 8.05. The topological polar surface area (TPSA) is 69.2 Å². The highest BCUT2D eigenvalue weighted by Crippen LogP contribution is 2.27. The minimum atomic E-state index is -0.308. The Morgan fingerprint density at radius 2 is 2.04 bits per heavy atom. The Morgan fingerprint density at radius 1 is 1.23 bits per heavy atom. The maximum atomic E-state index is 11.9. The third-order valence-electron chi connectivity index (χ3n) is 3.42. The molecule has 0 aliphatic heterocycles. The molecule has 0 aliphatic carbocycles. The molecular weight excluding hydrogens is 356 g/mol. The van der Waals surface area contributed by atoms with Crippen molar-refractivity contribution in [3.05, 3.63) is 52.5 Å². The van der Waals surface area contributed by atoms with E-state index in [4.69, 9.17) is 25.9 Å². The van der Waals surface area contributed by atoms with Crippen LogP contribution in [0.3, 0.4) is 0 Å². The maximum absolute atomic E-state index is 11.9. The summed E-state index contributed by atoms with van der Waals surface area (Å²) in [5, 5.41) is 7.17. The van der Waals surface area contributed by atoms with Crippen LogP contribution < -0.4 is 14.8 Å². The maximum Gasteiger partial charge on any atom is 0.265 e. The first-order chi connectivity index (χ1) is 12.5. The monoisotopic (exact) mass is 376 g/mol. The van der Waals surface area contributed by atoms with Gasteiger partial charge in [-0.2, -0.15) is 0 Å². The van der Waals surface area contributed by atoms with E-state index in [0.717, 1.165) is 11.1 Å². The minimum Gasteiger partial charge on any atom is -0.493 e. The van der Waals surface area contributed by atoms with Gasteiger partial charge in [0.1, 0.15) is 0 Å². The van der Waals surface area contributed by atoms with Gasteiger partial charge in [0.15, 0.2) is 18.1 Å². The number of hydrogen-bond donors (Lipinski definition) is 1. The van der Waals surface area contributed by atoms with Crippen LogP contribution in [0.1, 0.15) is 18.1 Å². The number of methoxy groups -OCH3 is 1. The Bertz CT molecular complexity index is 793. The van der Waals surface area contributed by atoms with Crippen LogP contribution in [-0.2, 0) is 9.63 Å². The van der Waals surface area contributed by atoms with Crippen molar-refractivity contribution in [1.82, 2.24) is 0 Å². The number of oxime groups is 1. The number of hydrogen-bond acceptors (Lipinski definition) is 5. The van der Waals surface area contributed by atoms with Crippen LogP contribution in [0.2, 0.25) is 5.02 Å². The molecule has 0 fully saturated rings. The average molecular weight is 377 g/mol. The van der Waals surface area contributed by atoms with Gasteiger partial charge in [-0.05, 0) is 55.8 Å². The molecule has 0 saturated carbocycles. The number of rotatable bonds is 8. The Morgan fingerprint density at radius 3 is 2.73 bits per heavy atom. The zero-order valence-corrected chi connectivity index (χ0v) is 15.7. The van der Waals surface area contributed by atoms with E-state index in [1.165, 1.54) is 6.21 Å². The second kappa shape index (κ2) is 9.68. The summed E-state index contributed by atoms with van der Waals surface area (Å²) in [4.78, 5) is 16.9. The molecular formula is C19H21ClN2O4. The van der Waals surface area contributed by atoms with E-state index >= 15 is 0 Å². The third-order valence-corrected chi connectivity index (χ3v) is 3.66. The van der Waals surface area contributed by atoms with Crippen molar-refractivity contribution in [2.24, 2.45) is 5.16 Å². The SMILES string of the molecule is CCOc1ccc(/C=N\OCC(=O)Nc2ccc(Cl)cc2C)cc1OC. The fraction of sp³-hybridized carbons (Fsp3) is 0.263. The van der Waals surface area contributed by atoms with Gasteiger partial charge in [-0.25, -0.2) is 0 Å². The molecule has 7 heteroatoms. The molecule has 0 spiro atoms. The zero-order chi connectivity index (χ0) is 18.9. The number of halogens is 1. The Kier molecular flexibility index (Phi) is 7.29. The summed E-state index contributed by atoms with van der Waals surface area (Å²) in [5.41, 5.74) is 2.32. The molecule has 0 unspecified atom stereocenters. The molecule has 0 atom stereocenters. The first kappa shape index (κ1) is 19.6. The van der Waals surface area contributed by atoms with Crippen molar-refractivity contribution >= 4 is 29.4 Å². The van der Waals surface area contributed by atoms with Gasteiger partial charge in [-0.1, -0.05) is 16.8 Å². The Labute approximate surface area is 157 Å². The summed E-state index contributed by atoms with van der Waals surface area (Å²) in [5.74, 6) is 0.953. The van der Waals surface area contributed by atoms with Gasteiger partial charge in [0.25, 0.3) is 5.91 Å². The minimum absolute atomic E-state index is 0.202. The quantitative estimate of drug-likeness (QED) is 0.557. The normalized spacial score (nSPS) is 10.6. The fourth-order valence-corrected chi connectivity index (χ4v) is 2.41. The van der Waals surface area contributed by atoms with E-state index in [0.29, 0.717) is 28.8 Å². The summed E-state index contributed by atoms with van der Waals surface area (Å²) in [7, 11) is 1.57. The van der Waals surface area contributed by atoms with E-state index in [2.05, 4.69) is 10.5 Å². The number of ether oxygens (including phenoxy) is 2.